The van der Waals surface area contributed by atoms with Crippen LogP contribution in [0.1, 0.15) is 26.3 Å². The molecule has 0 atom stereocenters. The Kier molecular flexibility index (Phi) is 10.4. The van der Waals surface area contributed by atoms with Crippen LogP contribution in [0, 0.1) is 0 Å². The Morgan fingerprint density at radius 2 is 1.60 bits per heavy atom. The van der Waals surface area contributed by atoms with Crippen LogP contribution in [-0.2, 0) is 6.42 Å². The number of benzene rings is 2. The van der Waals surface area contributed by atoms with Gasteiger partial charge in [0.05, 0.1) is 5.02 Å². The second kappa shape index (κ2) is 10.9. The van der Waals surface area contributed by atoms with Crippen LogP contribution in [-0.4, -0.2) is 0 Å². The minimum Gasteiger partial charge on any atom is -0.399 e. The van der Waals surface area contributed by atoms with Gasteiger partial charge < -0.3 is 5.73 Å². The fraction of sp³-hybridized carbons (Fsp3) is 0.250. The molecule has 110 valence electrons. The fourth-order valence-corrected chi connectivity index (χ4v) is 1.92. The molecule has 0 amide bonds. The molecule has 0 fully saturated rings. The molecular formula is C16H21Cl2NS. The molecule has 2 N–H and O–H groups in total. The van der Waals surface area contributed by atoms with E-state index in [9.17, 15) is 0 Å². The molecule has 2 aromatic rings. The summed E-state index contributed by atoms with van der Waals surface area (Å²) in [5.74, 6) is 0. The Morgan fingerprint density at radius 3 is 2.00 bits per heavy atom. The number of hydrogen-bond acceptors (Lipinski definition) is 2. The number of aryl methyl sites for hydroxylation is 1. The van der Waals surface area contributed by atoms with E-state index in [0.29, 0.717) is 5.02 Å². The standard InChI is InChI=1S/C8H10ClN.C6H5ClS.C2H6/c1-2-6-3-4-7(10)5-8(6)9;7-5-3-1-2-4-6(5)8;1-2/h3-5H,2,10H2,1H3;1-4,8H;1-2H3. The smallest absolute Gasteiger partial charge is 0.0539 e. The highest BCUT2D eigenvalue weighted by Gasteiger charge is 1.95. The topological polar surface area (TPSA) is 26.0 Å². The molecule has 0 unspecified atom stereocenters. The van der Waals surface area contributed by atoms with Crippen LogP contribution < -0.4 is 5.73 Å². The Labute approximate surface area is 137 Å². The molecule has 0 bridgehead atoms. The van der Waals surface area contributed by atoms with Crippen molar-refractivity contribution in [3.05, 3.63) is 58.1 Å². The van der Waals surface area contributed by atoms with Gasteiger partial charge in [-0.15, -0.1) is 12.6 Å². The van der Waals surface area contributed by atoms with E-state index in [1.807, 2.05) is 50.2 Å². The van der Waals surface area contributed by atoms with Gasteiger partial charge in [-0.3, -0.25) is 0 Å². The highest BCUT2D eigenvalue weighted by molar-refractivity contribution is 7.80. The Bertz CT molecular complexity index is 495. The normalized spacial score (nSPS) is 8.90. The van der Waals surface area contributed by atoms with Crippen molar-refractivity contribution in [1.82, 2.24) is 0 Å². The largest absolute Gasteiger partial charge is 0.399 e. The molecular weight excluding hydrogens is 309 g/mol. The summed E-state index contributed by atoms with van der Waals surface area (Å²) in [5.41, 5.74) is 7.37. The van der Waals surface area contributed by atoms with Gasteiger partial charge in [-0.2, -0.15) is 0 Å². The van der Waals surface area contributed by atoms with Crippen LogP contribution >= 0.6 is 35.8 Å². The quantitative estimate of drug-likeness (QED) is 0.477. The summed E-state index contributed by atoms with van der Waals surface area (Å²) in [6.07, 6.45) is 0.957. The van der Waals surface area contributed by atoms with E-state index in [-0.39, 0.29) is 0 Å². The number of hydrogen-bond donors (Lipinski definition) is 2. The van der Waals surface area contributed by atoms with Gasteiger partial charge in [-0.05, 0) is 36.2 Å². The van der Waals surface area contributed by atoms with Gasteiger partial charge >= 0.3 is 0 Å². The second-order valence-corrected chi connectivity index (χ2v) is 4.95. The van der Waals surface area contributed by atoms with E-state index in [2.05, 4.69) is 19.6 Å². The lowest BCUT2D eigenvalue weighted by Gasteiger charge is -2.00. The second-order valence-electron chi connectivity index (χ2n) is 3.66. The summed E-state index contributed by atoms with van der Waals surface area (Å²) >= 11 is 15.5. The summed E-state index contributed by atoms with van der Waals surface area (Å²) in [7, 11) is 0. The molecule has 0 aromatic heterocycles. The first-order chi connectivity index (χ1) is 9.54. The summed E-state index contributed by atoms with van der Waals surface area (Å²) in [6.45, 7) is 6.07. The molecule has 0 radical (unpaired) electrons. The number of thiol groups is 1. The van der Waals surface area contributed by atoms with Crippen molar-refractivity contribution in [2.75, 3.05) is 5.73 Å². The number of nitrogen functional groups attached to an aromatic ring is 1. The predicted molar refractivity (Wildman–Crippen MR) is 95.3 cm³/mol. The lowest BCUT2D eigenvalue weighted by Crippen LogP contribution is -1.86. The highest BCUT2D eigenvalue weighted by atomic mass is 35.5. The number of anilines is 1. The van der Waals surface area contributed by atoms with Gasteiger partial charge in [0.2, 0.25) is 0 Å². The fourth-order valence-electron chi connectivity index (χ4n) is 1.30. The first kappa shape index (κ1) is 19.2. The lowest BCUT2D eigenvalue weighted by atomic mass is 10.1. The SMILES string of the molecule is CC.CCc1ccc(N)cc1Cl.Sc1ccccc1Cl. The highest BCUT2D eigenvalue weighted by Crippen LogP contribution is 2.19. The van der Waals surface area contributed by atoms with Crippen molar-refractivity contribution in [2.24, 2.45) is 0 Å². The Hall–Kier alpha value is -0.830. The zero-order chi connectivity index (χ0) is 15.5. The van der Waals surface area contributed by atoms with Crippen molar-refractivity contribution in [1.29, 1.82) is 0 Å². The minimum atomic E-state index is 0.704. The van der Waals surface area contributed by atoms with Crippen molar-refractivity contribution in [3.8, 4) is 0 Å². The van der Waals surface area contributed by atoms with Gasteiger partial charge in [0.25, 0.3) is 0 Å². The van der Waals surface area contributed by atoms with E-state index in [0.717, 1.165) is 27.6 Å². The van der Waals surface area contributed by atoms with Crippen LogP contribution in [0.3, 0.4) is 0 Å². The molecule has 20 heavy (non-hydrogen) atoms. The third-order valence-electron chi connectivity index (χ3n) is 2.31. The molecule has 0 aliphatic carbocycles. The zero-order valence-electron chi connectivity index (χ0n) is 12.0. The molecule has 0 saturated heterocycles. The molecule has 4 heteroatoms. The van der Waals surface area contributed by atoms with E-state index < -0.39 is 0 Å². The lowest BCUT2D eigenvalue weighted by molar-refractivity contribution is 1.14. The van der Waals surface area contributed by atoms with E-state index >= 15 is 0 Å². The van der Waals surface area contributed by atoms with Crippen LogP contribution in [0.5, 0.6) is 0 Å². The molecule has 0 spiro atoms. The molecule has 0 aliphatic rings. The Morgan fingerprint density at radius 1 is 1.00 bits per heavy atom. The maximum absolute atomic E-state index is 5.85. The average Bonchev–Trinajstić information content (AvgIpc) is 2.45. The average molecular weight is 330 g/mol. The van der Waals surface area contributed by atoms with Crippen molar-refractivity contribution < 1.29 is 0 Å². The van der Waals surface area contributed by atoms with Gasteiger partial charge in [-0.25, -0.2) is 0 Å². The van der Waals surface area contributed by atoms with Gasteiger partial charge in [0, 0.05) is 15.6 Å². The monoisotopic (exact) mass is 329 g/mol. The molecule has 2 aromatic carbocycles. The molecule has 0 heterocycles. The summed E-state index contributed by atoms with van der Waals surface area (Å²) < 4.78 is 0. The number of nitrogens with two attached hydrogens (primary N) is 1. The van der Waals surface area contributed by atoms with Crippen LogP contribution in [0.15, 0.2) is 47.4 Å². The van der Waals surface area contributed by atoms with Gasteiger partial charge in [0.1, 0.15) is 0 Å². The molecule has 0 aliphatic heterocycles. The number of halogens is 2. The summed E-state index contributed by atoms with van der Waals surface area (Å²) in [4.78, 5) is 0.828. The molecule has 2 rings (SSSR count). The molecule has 1 nitrogen and oxygen atoms in total. The summed E-state index contributed by atoms with van der Waals surface area (Å²) in [5, 5.41) is 1.47. The van der Waals surface area contributed by atoms with Crippen molar-refractivity contribution in [2.45, 2.75) is 32.1 Å². The van der Waals surface area contributed by atoms with E-state index in [1.165, 1.54) is 0 Å². The maximum Gasteiger partial charge on any atom is 0.0539 e. The van der Waals surface area contributed by atoms with E-state index in [4.69, 9.17) is 28.9 Å². The van der Waals surface area contributed by atoms with Crippen LogP contribution in [0.4, 0.5) is 5.69 Å². The third-order valence-corrected chi connectivity index (χ3v) is 3.51. The zero-order valence-corrected chi connectivity index (χ0v) is 14.4. The molecule has 0 saturated carbocycles. The minimum absolute atomic E-state index is 0.704. The van der Waals surface area contributed by atoms with Crippen LogP contribution in [0.2, 0.25) is 10.0 Å². The third kappa shape index (κ3) is 7.09. The van der Waals surface area contributed by atoms with Gasteiger partial charge in [-0.1, -0.05) is 62.2 Å². The van der Waals surface area contributed by atoms with E-state index in [1.54, 1.807) is 6.07 Å². The first-order valence-corrected chi connectivity index (χ1v) is 7.72. The summed E-state index contributed by atoms with van der Waals surface area (Å²) in [6, 6.07) is 13.0. The van der Waals surface area contributed by atoms with Gasteiger partial charge in [0.15, 0.2) is 0 Å². The number of rotatable bonds is 1. The van der Waals surface area contributed by atoms with Crippen molar-refractivity contribution >= 4 is 41.5 Å². The van der Waals surface area contributed by atoms with Crippen molar-refractivity contribution in [3.63, 3.8) is 0 Å². The van der Waals surface area contributed by atoms with Crippen LogP contribution in [0.25, 0.3) is 0 Å². The predicted octanol–water partition coefficient (Wildman–Crippen LogP) is 6.14. The maximum atomic E-state index is 5.85. The first-order valence-electron chi connectivity index (χ1n) is 6.52. The Balaban J connectivity index is 0.000000327.